The van der Waals surface area contributed by atoms with E-state index in [1.165, 1.54) is 4.90 Å². The molecule has 8 heteroatoms. The maximum absolute atomic E-state index is 12.7. The van der Waals surface area contributed by atoms with Gasteiger partial charge in [-0.05, 0) is 55.9 Å². The number of urea groups is 1. The molecular formula is C24H33ClN4O3. The van der Waals surface area contributed by atoms with Gasteiger partial charge in [0.1, 0.15) is 6.04 Å². The summed E-state index contributed by atoms with van der Waals surface area (Å²) in [5.41, 5.74) is 1.96. The highest BCUT2D eigenvalue weighted by molar-refractivity contribution is 6.31. The van der Waals surface area contributed by atoms with E-state index in [0.29, 0.717) is 23.8 Å². The summed E-state index contributed by atoms with van der Waals surface area (Å²) in [6.07, 6.45) is 6.08. The zero-order valence-electron chi connectivity index (χ0n) is 19.0. The number of amides is 4. The number of halogens is 1. The zero-order valence-corrected chi connectivity index (χ0v) is 19.8. The van der Waals surface area contributed by atoms with E-state index in [9.17, 15) is 14.4 Å². The number of nitrogens with one attached hydrogen (secondary N) is 3. The second-order valence-electron chi connectivity index (χ2n) is 9.08. The summed E-state index contributed by atoms with van der Waals surface area (Å²) in [6.45, 7) is 6.66. The minimum absolute atomic E-state index is 0.0850. The molecule has 1 aliphatic heterocycles. The Morgan fingerprint density at radius 3 is 2.75 bits per heavy atom. The van der Waals surface area contributed by atoms with Crippen LogP contribution in [-0.2, 0) is 16.0 Å². The van der Waals surface area contributed by atoms with Crippen molar-refractivity contribution in [3.63, 3.8) is 0 Å². The van der Waals surface area contributed by atoms with E-state index in [4.69, 9.17) is 11.6 Å². The van der Waals surface area contributed by atoms with Crippen molar-refractivity contribution in [1.82, 2.24) is 20.5 Å². The summed E-state index contributed by atoms with van der Waals surface area (Å²) < 4.78 is 0. The Balaban J connectivity index is 1.46. The highest BCUT2D eigenvalue weighted by atomic mass is 35.5. The second-order valence-corrected chi connectivity index (χ2v) is 9.51. The number of hydrogen-bond donors (Lipinski definition) is 3. The summed E-state index contributed by atoms with van der Waals surface area (Å²) in [7, 11) is 0. The third kappa shape index (κ3) is 6.25. The van der Waals surface area contributed by atoms with Gasteiger partial charge in [-0.25, -0.2) is 4.79 Å². The summed E-state index contributed by atoms with van der Waals surface area (Å²) in [6, 6.07) is 4.65. The van der Waals surface area contributed by atoms with Crippen LogP contribution < -0.4 is 10.6 Å². The van der Waals surface area contributed by atoms with Gasteiger partial charge < -0.3 is 15.6 Å². The van der Waals surface area contributed by atoms with Gasteiger partial charge in [0.15, 0.2) is 0 Å². The lowest BCUT2D eigenvalue weighted by atomic mass is 10.0. The largest absolute Gasteiger partial charge is 0.361 e. The average molecular weight is 461 g/mol. The van der Waals surface area contributed by atoms with Gasteiger partial charge in [-0.3, -0.25) is 14.5 Å². The SMILES string of the molecule is CC(C)CCC[C@@H](C)NC(=O)CC[C@H]1NC(=O)N(CCc2c[nH]c3ccc(Cl)cc23)C1=O. The molecule has 2 atom stereocenters. The Labute approximate surface area is 194 Å². The molecule has 1 aliphatic rings. The Hall–Kier alpha value is -2.54. The van der Waals surface area contributed by atoms with Crippen molar-refractivity contribution >= 4 is 40.3 Å². The Morgan fingerprint density at radius 2 is 2.00 bits per heavy atom. The molecule has 0 aliphatic carbocycles. The van der Waals surface area contributed by atoms with E-state index >= 15 is 0 Å². The molecular weight excluding hydrogens is 428 g/mol. The molecule has 1 saturated heterocycles. The van der Waals surface area contributed by atoms with Crippen molar-refractivity contribution in [1.29, 1.82) is 0 Å². The van der Waals surface area contributed by atoms with Gasteiger partial charge in [0, 0.05) is 41.1 Å². The van der Waals surface area contributed by atoms with E-state index in [1.807, 2.05) is 31.3 Å². The smallest absolute Gasteiger partial charge is 0.324 e. The predicted molar refractivity (Wildman–Crippen MR) is 127 cm³/mol. The molecule has 1 aromatic heterocycles. The molecule has 4 amide bonds. The van der Waals surface area contributed by atoms with Crippen LogP contribution in [0.25, 0.3) is 10.9 Å². The number of fused-ring (bicyclic) bond motifs is 1. The fraction of sp³-hybridized carbons (Fsp3) is 0.542. The maximum Gasteiger partial charge on any atom is 0.324 e. The summed E-state index contributed by atoms with van der Waals surface area (Å²) in [5.74, 6) is 0.301. The second kappa shape index (κ2) is 10.9. The Morgan fingerprint density at radius 1 is 1.22 bits per heavy atom. The first-order valence-corrected chi connectivity index (χ1v) is 11.8. The Kier molecular flexibility index (Phi) is 8.18. The van der Waals surface area contributed by atoms with Gasteiger partial charge in [-0.2, -0.15) is 0 Å². The van der Waals surface area contributed by atoms with Gasteiger partial charge in [0.25, 0.3) is 5.91 Å². The van der Waals surface area contributed by atoms with Crippen molar-refractivity contribution in [2.24, 2.45) is 5.92 Å². The minimum Gasteiger partial charge on any atom is -0.361 e. The van der Waals surface area contributed by atoms with Crippen molar-refractivity contribution in [2.75, 3.05) is 6.54 Å². The number of benzene rings is 1. The third-order valence-electron chi connectivity index (χ3n) is 5.93. The molecule has 0 saturated carbocycles. The number of aromatic nitrogens is 1. The number of nitrogens with zero attached hydrogens (tertiary/aromatic N) is 1. The number of aromatic amines is 1. The maximum atomic E-state index is 12.7. The van der Waals surface area contributed by atoms with Crippen LogP contribution in [0.15, 0.2) is 24.4 Å². The van der Waals surface area contributed by atoms with Gasteiger partial charge >= 0.3 is 6.03 Å². The van der Waals surface area contributed by atoms with Crippen LogP contribution in [0.1, 0.15) is 58.4 Å². The molecule has 174 valence electrons. The number of imide groups is 1. The van der Waals surface area contributed by atoms with Gasteiger partial charge in [0.05, 0.1) is 0 Å². The fourth-order valence-corrected chi connectivity index (χ4v) is 4.27. The molecule has 2 aromatic rings. The van der Waals surface area contributed by atoms with Crippen LogP contribution >= 0.6 is 11.6 Å². The topological polar surface area (TPSA) is 94.3 Å². The standard InChI is InChI=1S/C24H33ClN4O3/c1-15(2)5-4-6-16(3)27-22(30)10-9-21-23(31)29(24(32)28-21)12-11-17-14-26-20-8-7-18(25)13-19(17)20/h7-8,13-16,21,26H,4-6,9-12H2,1-3H3,(H,27,30)(H,28,32)/t16-,21-/m1/s1. The molecule has 2 heterocycles. The van der Waals surface area contributed by atoms with Gasteiger partial charge in [-0.15, -0.1) is 0 Å². The van der Waals surface area contributed by atoms with Crippen LogP contribution in [0.5, 0.6) is 0 Å². The van der Waals surface area contributed by atoms with Crippen molar-refractivity contribution < 1.29 is 14.4 Å². The van der Waals surface area contributed by atoms with Crippen LogP contribution in [-0.4, -0.2) is 46.4 Å². The first-order valence-electron chi connectivity index (χ1n) is 11.4. The van der Waals surface area contributed by atoms with E-state index in [1.54, 1.807) is 0 Å². The van der Waals surface area contributed by atoms with E-state index < -0.39 is 12.1 Å². The quantitative estimate of drug-likeness (QED) is 0.434. The van der Waals surface area contributed by atoms with Crippen molar-refractivity contribution in [3.8, 4) is 0 Å². The normalized spacial score (nSPS) is 17.3. The predicted octanol–water partition coefficient (Wildman–Crippen LogP) is 4.40. The number of carbonyl (C=O) groups is 3. The number of hydrogen-bond acceptors (Lipinski definition) is 3. The molecule has 0 unspecified atom stereocenters. The van der Waals surface area contributed by atoms with E-state index in [2.05, 4.69) is 29.5 Å². The highest BCUT2D eigenvalue weighted by Crippen LogP contribution is 2.23. The average Bonchev–Trinajstić information content (AvgIpc) is 3.24. The number of H-pyrrole nitrogens is 1. The van der Waals surface area contributed by atoms with Gasteiger partial charge in [-0.1, -0.05) is 38.3 Å². The number of rotatable bonds is 11. The first-order chi connectivity index (χ1) is 15.2. The molecule has 0 bridgehead atoms. The van der Waals surface area contributed by atoms with Crippen LogP contribution in [0.2, 0.25) is 5.02 Å². The van der Waals surface area contributed by atoms with Crippen LogP contribution in [0.3, 0.4) is 0 Å². The summed E-state index contributed by atoms with van der Waals surface area (Å²) in [4.78, 5) is 41.7. The molecule has 0 radical (unpaired) electrons. The fourth-order valence-electron chi connectivity index (χ4n) is 4.10. The summed E-state index contributed by atoms with van der Waals surface area (Å²) in [5, 5.41) is 7.33. The monoisotopic (exact) mass is 460 g/mol. The van der Waals surface area contributed by atoms with Crippen LogP contribution in [0, 0.1) is 5.92 Å². The molecule has 1 aromatic carbocycles. The lowest BCUT2D eigenvalue weighted by molar-refractivity contribution is -0.127. The molecule has 3 N–H and O–H groups in total. The summed E-state index contributed by atoms with van der Waals surface area (Å²) >= 11 is 6.09. The lowest BCUT2D eigenvalue weighted by Gasteiger charge is -2.15. The van der Waals surface area contributed by atoms with E-state index in [-0.39, 0.29) is 30.8 Å². The minimum atomic E-state index is -0.651. The van der Waals surface area contributed by atoms with Gasteiger partial charge in [0.2, 0.25) is 5.91 Å². The molecule has 1 fully saturated rings. The molecule has 7 nitrogen and oxygen atoms in total. The molecule has 0 spiro atoms. The van der Waals surface area contributed by atoms with Crippen LogP contribution in [0.4, 0.5) is 4.79 Å². The first kappa shape index (κ1) is 24.1. The van der Waals surface area contributed by atoms with Crippen molar-refractivity contribution in [3.05, 3.63) is 35.0 Å². The zero-order chi connectivity index (χ0) is 23.3. The molecule has 32 heavy (non-hydrogen) atoms. The van der Waals surface area contributed by atoms with Crippen molar-refractivity contribution in [2.45, 2.75) is 71.4 Å². The lowest BCUT2D eigenvalue weighted by Crippen LogP contribution is -2.35. The number of carbonyl (C=O) groups excluding carboxylic acids is 3. The highest BCUT2D eigenvalue weighted by Gasteiger charge is 2.37. The van der Waals surface area contributed by atoms with E-state index in [0.717, 1.165) is 35.7 Å². The Bertz CT molecular complexity index is 971. The molecule has 3 rings (SSSR count). The third-order valence-corrected chi connectivity index (χ3v) is 6.16.